The van der Waals surface area contributed by atoms with E-state index in [4.69, 9.17) is 9.47 Å². The van der Waals surface area contributed by atoms with Crippen LogP contribution in [0.5, 0.6) is 11.5 Å². The Morgan fingerprint density at radius 1 is 0.977 bits per heavy atom. The summed E-state index contributed by atoms with van der Waals surface area (Å²) in [5.41, 5.74) is 0.201. The van der Waals surface area contributed by atoms with Gasteiger partial charge in [0.1, 0.15) is 18.4 Å². The molecule has 238 valence electrons. The zero-order valence-electron chi connectivity index (χ0n) is 24.1. The molecule has 1 fully saturated rings. The first-order valence-electron chi connectivity index (χ1n) is 13.6. The zero-order valence-corrected chi connectivity index (χ0v) is 24.1. The van der Waals surface area contributed by atoms with Crippen molar-refractivity contribution in [1.82, 2.24) is 16.0 Å². The van der Waals surface area contributed by atoms with Crippen LogP contribution in [-0.2, 0) is 24.0 Å². The van der Waals surface area contributed by atoms with Crippen molar-refractivity contribution in [1.29, 1.82) is 0 Å². The molecule has 0 saturated carbocycles. The van der Waals surface area contributed by atoms with Crippen molar-refractivity contribution in [3.8, 4) is 11.5 Å². The third-order valence-electron chi connectivity index (χ3n) is 6.71. The van der Waals surface area contributed by atoms with Gasteiger partial charge in [0.25, 0.3) is 0 Å². The molecule has 1 saturated heterocycles. The Morgan fingerprint density at radius 2 is 1.64 bits per heavy atom. The predicted molar refractivity (Wildman–Crippen MR) is 147 cm³/mol. The number of para-hydroxylation sites is 2. The summed E-state index contributed by atoms with van der Waals surface area (Å²) in [7, 11) is 1.37. The summed E-state index contributed by atoms with van der Waals surface area (Å²) < 4.78 is 65.2. The maximum atomic E-state index is 14.1. The quantitative estimate of drug-likeness (QED) is 0.152. The number of nitrogens with one attached hydrogen (secondary N) is 4. The second-order valence-corrected chi connectivity index (χ2v) is 10.4. The number of amides is 4. The van der Waals surface area contributed by atoms with Crippen molar-refractivity contribution < 1.29 is 51.0 Å². The number of hydrogen-bond donors (Lipinski definition) is 4. The number of anilines is 1. The number of ether oxygens (including phenoxy) is 2. The van der Waals surface area contributed by atoms with Crippen molar-refractivity contribution >= 4 is 35.1 Å². The molecule has 1 aliphatic heterocycles. The first-order chi connectivity index (χ1) is 20.8. The minimum absolute atomic E-state index is 0.0269. The van der Waals surface area contributed by atoms with E-state index in [1.165, 1.54) is 13.2 Å². The van der Waals surface area contributed by atoms with E-state index in [2.05, 4.69) is 21.3 Å². The van der Waals surface area contributed by atoms with Crippen LogP contribution in [0.1, 0.15) is 33.1 Å². The maximum Gasteiger partial charge on any atom is 0.313 e. The Labute approximate surface area is 250 Å². The van der Waals surface area contributed by atoms with Crippen LogP contribution in [-0.4, -0.2) is 61.8 Å². The van der Waals surface area contributed by atoms with Gasteiger partial charge in [0.2, 0.25) is 23.4 Å². The number of carbonyl (C=O) groups excluding carboxylic acids is 5. The van der Waals surface area contributed by atoms with Gasteiger partial charge in [0, 0.05) is 18.5 Å². The van der Waals surface area contributed by atoms with Crippen molar-refractivity contribution in [3.63, 3.8) is 0 Å². The number of Topliss-reactive ketones (excluding diaryl/α,β-unsaturated/α-hetero) is 1. The van der Waals surface area contributed by atoms with Crippen LogP contribution >= 0.6 is 0 Å². The third-order valence-corrected chi connectivity index (χ3v) is 6.71. The zero-order chi connectivity index (χ0) is 32.6. The van der Waals surface area contributed by atoms with Crippen LogP contribution < -0.4 is 30.7 Å². The second-order valence-electron chi connectivity index (χ2n) is 10.4. The number of rotatable bonds is 13. The van der Waals surface area contributed by atoms with Crippen LogP contribution in [0, 0.1) is 35.1 Å². The molecule has 3 rings (SSSR count). The van der Waals surface area contributed by atoms with Gasteiger partial charge in [0.15, 0.2) is 23.2 Å². The molecule has 2 aromatic rings. The molecule has 0 radical (unpaired) electrons. The number of halogens is 4. The van der Waals surface area contributed by atoms with Crippen LogP contribution in [0.15, 0.2) is 30.3 Å². The molecule has 1 heterocycles. The summed E-state index contributed by atoms with van der Waals surface area (Å²) in [6.45, 7) is 2.66. The predicted octanol–water partition coefficient (Wildman–Crippen LogP) is 2.38. The number of methoxy groups -OCH3 is 1. The molecule has 4 amide bonds. The maximum absolute atomic E-state index is 14.1. The number of ketones is 1. The average Bonchev–Trinajstić information content (AvgIpc) is 3.38. The van der Waals surface area contributed by atoms with E-state index in [1.54, 1.807) is 32.0 Å². The normalized spacial score (nSPS) is 15.6. The van der Waals surface area contributed by atoms with Crippen LogP contribution in [0.4, 0.5) is 23.2 Å². The summed E-state index contributed by atoms with van der Waals surface area (Å²) in [6.07, 6.45) is 0.0890. The summed E-state index contributed by atoms with van der Waals surface area (Å²) in [5, 5.41) is 9.71. The highest BCUT2D eigenvalue weighted by molar-refractivity contribution is 6.40. The molecular formula is C29H32F4N4O7. The fraction of sp³-hybridized carbons (Fsp3) is 0.414. The molecule has 44 heavy (non-hydrogen) atoms. The summed E-state index contributed by atoms with van der Waals surface area (Å²) in [6, 6.07) is 3.47. The number of hydrogen-bond acceptors (Lipinski definition) is 7. The Balaban J connectivity index is 1.77. The van der Waals surface area contributed by atoms with Gasteiger partial charge in [-0.25, -0.2) is 8.78 Å². The molecule has 0 unspecified atom stereocenters. The van der Waals surface area contributed by atoms with Crippen LogP contribution in [0.2, 0.25) is 0 Å². The van der Waals surface area contributed by atoms with E-state index in [1.807, 2.05) is 0 Å². The van der Waals surface area contributed by atoms with E-state index >= 15 is 0 Å². The second kappa shape index (κ2) is 15.2. The van der Waals surface area contributed by atoms with E-state index in [9.17, 15) is 41.5 Å². The summed E-state index contributed by atoms with van der Waals surface area (Å²) >= 11 is 0. The standard InChI is InChI=1S/C29H32F4N4O7/c1-14(2)10-20(37-29(42)28(41)35-18-6-4-5-7-22(18)43-3)27(40)36-19(11-15-8-9-34-26(15)39)21(38)13-44-25-23(32)16(30)12-17(31)24(25)33/h4-7,12,14-15,19-20H,8-11,13H2,1-3H3,(H,34,39)(H,35,41)(H,36,40)(H,37,42)/t15-,19-,20-/m0/s1. The highest BCUT2D eigenvalue weighted by Gasteiger charge is 2.34. The highest BCUT2D eigenvalue weighted by atomic mass is 19.2. The Hall–Kier alpha value is -4.69. The fourth-order valence-corrected chi connectivity index (χ4v) is 4.47. The minimum atomic E-state index is -1.86. The Morgan fingerprint density at radius 3 is 2.23 bits per heavy atom. The van der Waals surface area contributed by atoms with Crippen molar-refractivity contribution in [3.05, 3.63) is 53.6 Å². The topological polar surface area (TPSA) is 152 Å². The molecule has 0 aromatic heterocycles. The minimum Gasteiger partial charge on any atom is -0.495 e. The first-order valence-corrected chi connectivity index (χ1v) is 13.6. The lowest BCUT2D eigenvalue weighted by Gasteiger charge is -2.25. The van der Waals surface area contributed by atoms with Gasteiger partial charge in [0.05, 0.1) is 18.8 Å². The van der Waals surface area contributed by atoms with E-state index in [-0.39, 0.29) is 36.3 Å². The summed E-state index contributed by atoms with van der Waals surface area (Å²) in [4.78, 5) is 64.0. The lowest BCUT2D eigenvalue weighted by molar-refractivity contribution is -0.138. The molecule has 0 bridgehead atoms. The molecule has 4 N–H and O–H groups in total. The van der Waals surface area contributed by atoms with Crippen molar-refractivity contribution in [2.24, 2.45) is 11.8 Å². The van der Waals surface area contributed by atoms with Gasteiger partial charge in [-0.1, -0.05) is 26.0 Å². The molecular weight excluding hydrogens is 592 g/mol. The van der Waals surface area contributed by atoms with Gasteiger partial charge in [-0.2, -0.15) is 8.78 Å². The van der Waals surface area contributed by atoms with Crippen molar-refractivity contribution in [2.45, 2.75) is 45.2 Å². The molecule has 2 aromatic carbocycles. The lowest BCUT2D eigenvalue weighted by Crippen LogP contribution is -2.54. The van der Waals surface area contributed by atoms with Gasteiger partial charge >= 0.3 is 11.8 Å². The van der Waals surface area contributed by atoms with E-state index in [0.717, 1.165) is 0 Å². The molecule has 1 aliphatic rings. The fourth-order valence-electron chi connectivity index (χ4n) is 4.47. The molecule has 0 aliphatic carbocycles. The number of benzene rings is 2. The number of carbonyl (C=O) groups is 5. The summed E-state index contributed by atoms with van der Waals surface area (Å²) in [5.74, 6) is -13.9. The lowest BCUT2D eigenvalue weighted by atomic mass is 9.95. The van der Waals surface area contributed by atoms with Gasteiger partial charge in [-0.05, 0) is 37.3 Å². The van der Waals surface area contributed by atoms with E-state index in [0.29, 0.717) is 13.0 Å². The van der Waals surface area contributed by atoms with Gasteiger partial charge in [-0.3, -0.25) is 24.0 Å². The molecule has 0 spiro atoms. The molecule has 15 heteroatoms. The molecule has 3 atom stereocenters. The Kier molecular flexibility index (Phi) is 11.6. The van der Waals surface area contributed by atoms with Gasteiger partial charge in [-0.15, -0.1) is 0 Å². The molecule has 11 nitrogen and oxygen atoms in total. The van der Waals surface area contributed by atoms with Gasteiger partial charge < -0.3 is 30.7 Å². The van der Waals surface area contributed by atoms with E-state index < -0.39 is 83.0 Å². The third kappa shape index (κ3) is 8.67. The largest absolute Gasteiger partial charge is 0.495 e. The smallest absolute Gasteiger partial charge is 0.313 e. The Bertz CT molecular complexity index is 1400. The van der Waals surface area contributed by atoms with Crippen molar-refractivity contribution in [2.75, 3.05) is 25.6 Å². The van der Waals surface area contributed by atoms with Crippen LogP contribution in [0.25, 0.3) is 0 Å². The first kappa shape index (κ1) is 33.8. The monoisotopic (exact) mass is 624 g/mol. The van der Waals surface area contributed by atoms with Crippen LogP contribution in [0.3, 0.4) is 0 Å². The SMILES string of the molecule is COc1ccccc1NC(=O)C(=O)N[C@@H](CC(C)C)C(=O)N[C@@H](C[C@@H]1CCNC1=O)C(=O)COc1c(F)c(F)cc(F)c1F. The highest BCUT2D eigenvalue weighted by Crippen LogP contribution is 2.27. The average molecular weight is 625 g/mol.